The van der Waals surface area contributed by atoms with Gasteiger partial charge in [-0.2, -0.15) is 0 Å². The van der Waals surface area contributed by atoms with Crippen molar-refractivity contribution in [3.8, 4) is 11.5 Å². The molecule has 2 N–H and O–H groups in total. The van der Waals surface area contributed by atoms with Crippen molar-refractivity contribution in [1.82, 2.24) is 9.80 Å². The molecule has 0 radical (unpaired) electrons. The highest BCUT2D eigenvalue weighted by molar-refractivity contribution is 5.44. The summed E-state index contributed by atoms with van der Waals surface area (Å²) in [5, 5.41) is 0. The number of hydrogen-bond donors (Lipinski definition) is 1. The van der Waals surface area contributed by atoms with E-state index in [2.05, 4.69) is 34.1 Å². The third kappa shape index (κ3) is 3.47. The summed E-state index contributed by atoms with van der Waals surface area (Å²) in [6, 6.07) is 14.4. The second-order valence-corrected chi connectivity index (χ2v) is 6.48. The van der Waals surface area contributed by atoms with Crippen LogP contribution >= 0.6 is 0 Å². The van der Waals surface area contributed by atoms with Gasteiger partial charge in [0.15, 0.2) is 11.5 Å². The minimum atomic E-state index is 0.336. The molecule has 0 amide bonds. The van der Waals surface area contributed by atoms with Gasteiger partial charge in [0.25, 0.3) is 0 Å². The third-order valence-corrected chi connectivity index (χ3v) is 4.69. The van der Waals surface area contributed by atoms with E-state index in [-0.39, 0.29) is 0 Å². The number of hydrogen-bond acceptors (Lipinski definition) is 5. The van der Waals surface area contributed by atoms with Gasteiger partial charge in [0.05, 0.1) is 0 Å². The van der Waals surface area contributed by atoms with Crippen LogP contribution in [0.5, 0.6) is 11.5 Å². The van der Waals surface area contributed by atoms with Gasteiger partial charge in [-0.1, -0.05) is 18.2 Å². The summed E-state index contributed by atoms with van der Waals surface area (Å²) in [4.78, 5) is 5.00. The SMILES string of the molecule is Nc1ccc(CN2CCN(Cc3ccc4c(c3)OCO4)CC2)cc1. The highest BCUT2D eigenvalue weighted by atomic mass is 16.7. The molecule has 2 aromatic rings. The molecule has 0 aliphatic carbocycles. The van der Waals surface area contributed by atoms with Gasteiger partial charge in [-0.3, -0.25) is 9.80 Å². The molecule has 0 aromatic heterocycles. The molecule has 0 unspecified atom stereocenters. The van der Waals surface area contributed by atoms with Gasteiger partial charge in [-0.25, -0.2) is 0 Å². The number of nitrogens with two attached hydrogens (primary N) is 1. The van der Waals surface area contributed by atoms with Crippen LogP contribution in [0.2, 0.25) is 0 Å². The number of ether oxygens (including phenoxy) is 2. The van der Waals surface area contributed by atoms with Crippen molar-refractivity contribution in [3.05, 3.63) is 53.6 Å². The van der Waals surface area contributed by atoms with Crippen LogP contribution in [-0.4, -0.2) is 42.8 Å². The van der Waals surface area contributed by atoms with Crippen molar-refractivity contribution in [2.45, 2.75) is 13.1 Å². The van der Waals surface area contributed by atoms with E-state index < -0.39 is 0 Å². The van der Waals surface area contributed by atoms with Gasteiger partial charge >= 0.3 is 0 Å². The zero-order valence-corrected chi connectivity index (χ0v) is 13.8. The summed E-state index contributed by atoms with van der Waals surface area (Å²) in [5.74, 6) is 1.72. The van der Waals surface area contributed by atoms with E-state index in [1.165, 1.54) is 11.1 Å². The Morgan fingerprint density at radius 1 is 0.750 bits per heavy atom. The van der Waals surface area contributed by atoms with Gasteiger partial charge in [-0.15, -0.1) is 0 Å². The Morgan fingerprint density at radius 2 is 1.33 bits per heavy atom. The molecule has 2 aromatic carbocycles. The van der Waals surface area contributed by atoms with Crippen LogP contribution in [-0.2, 0) is 13.1 Å². The molecule has 2 heterocycles. The normalized spacial score (nSPS) is 18.0. The van der Waals surface area contributed by atoms with Crippen molar-refractivity contribution in [2.24, 2.45) is 0 Å². The van der Waals surface area contributed by atoms with Crippen molar-refractivity contribution >= 4 is 5.69 Å². The second-order valence-electron chi connectivity index (χ2n) is 6.48. The smallest absolute Gasteiger partial charge is 0.231 e. The van der Waals surface area contributed by atoms with Crippen molar-refractivity contribution in [2.75, 3.05) is 38.7 Å². The maximum atomic E-state index is 5.75. The lowest BCUT2D eigenvalue weighted by Crippen LogP contribution is -2.45. The fraction of sp³-hybridized carbons (Fsp3) is 0.368. The highest BCUT2D eigenvalue weighted by Gasteiger charge is 2.19. The zero-order chi connectivity index (χ0) is 16.4. The van der Waals surface area contributed by atoms with E-state index in [1.807, 2.05) is 18.2 Å². The second kappa shape index (κ2) is 6.71. The number of benzene rings is 2. The summed E-state index contributed by atoms with van der Waals surface area (Å²) in [6.07, 6.45) is 0. The predicted molar refractivity (Wildman–Crippen MR) is 94.0 cm³/mol. The Morgan fingerprint density at radius 3 is 2.04 bits per heavy atom. The van der Waals surface area contributed by atoms with Crippen LogP contribution < -0.4 is 15.2 Å². The maximum absolute atomic E-state index is 5.75. The first-order valence-corrected chi connectivity index (χ1v) is 8.44. The van der Waals surface area contributed by atoms with Crippen LogP contribution in [0, 0.1) is 0 Å². The fourth-order valence-electron chi connectivity index (χ4n) is 3.28. The first-order chi connectivity index (χ1) is 11.8. The number of piperazine rings is 1. The largest absolute Gasteiger partial charge is 0.454 e. The van der Waals surface area contributed by atoms with Crippen LogP contribution in [0.25, 0.3) is 0 Å². The van der Waals surface area contributed by atoms with Crippen LogP contribution in [0.1, 0.15) is 11.1 Å². The lowest BCUT2D eigenvalue weighted by Gasteiger charge is -2.34. The lowest BCUT2D eigenvalue weighted by molar-refractivity contribution is 0.122. The minimum Gasteiger partial charge on any atom is -0.454 e. The first-order valence-electron chi connectivity index (χ1n) is 8.44. The highest BCUT2D eigenvalue weighted by Crippen LogP contribution is 2.32. The van der Waals surface area contributed by atoms with E-state index in [9.17, 15) is 0 Å². The van der Waals surface area contributed by atoms with E-state index in [0.717, 1.165) is 56.5 Å². The number of rotatable bonds is 4. The Bertz CT molecular complexity index is 694. The Hall–Kier alpha value is -2.24. The molecule has 1 fully saturated rings. The molecule has 0 atom stereocenters. The molecule has 126 valence electrons. The number of fused-ring (bicyclic) bond motifs is 1. The van der Waals surface area contributed by atoms with Crippen LogP contribution in [0.3, 0.4) is 0 Å². The molecule has 0 saturated carbocycles. The summed E-state index contributed by atoms with van der Waals surface area (Å²) in [6.45, 7) is 6.66. The fourth-order valence-corrected chi connectivity index (χ4v) is 3.28. The van der Waals surface area contributed by atoms with Crippen molar-refractivity contribution < 1.29 is 9.47 Å². The van der Waals surface area contributed by atoms with Gasteiger partial charge in [-0.05, 0) is 35.4 Å². The topological polar surface area (TPSA) is 51.0 Å². The molecule has 5 heteroatoms. The minimum absolute atomic E-state index is 0.336. The molecule has 2 aliphatic rings. The number of nitrogen functional groups attached to an aromatic ring is 1. The van der Waals surface area contributed by atoms with Crippen LogP contribution in [0.15, 0.2) is 42.5 Å². The first kappa shape index (κ1) is 15.3. The Kier molecular flexibility index (Phi) is 4.28. The zero-order valence-electron chi connectivity index (χ0n) is 13.8. The Balaban J connectivity index is 1.29. The van der Waals surface area contributed by atoms with E-state index in [4.69, 9.17) is 15.2 Å². The predicted octanol–water partition coefficient (Wildman–Crippen LogP) is 2.32. The van der Waals surface area contributed by atoms with E-state index in [0.29, 0.717) is 6.79 Å². The standard InChI is InChI=1S/C19H23N3O2/c20-17-4-1-15(2-5-17)12-21-7-9-22(10-8-21)13-16-3-6-18-19(11-16)24-14-23-18/h1-6,11H,7-10,12-14,20H2. The maximum Gasteiger partial charge on any atom is 0.231 e. The number of nitrogens with zero attached hydrogens (tertiary/aromatic N) is 2. The molecule has 0 spiro atoms. The quantitative estimate of drug-likeness (QED) is 0.874. The van der Waals surface area contributed by atoms with Gasteiger partial charge in [0.2, 0.25) is 6.79 Å². The molecule has 24 heavy (non-hydrogen) atoms. The van der Waals surface area contributed by atoms with Gasteiger partial charge in [0.1, 0.15) is 0 Å². The average molecular weight is 325 g/mol. The summed E-state index contributed by atoms with van der Waals surface area (Å²) >= 11 is 0. The number of anilines is 1. The summed E-state index contributed by atoms with van der Waals surface area (Å²) in [7, 11) is 0. The monoisotopic (exact) mass is 325 g/mol. The molecule has 0 bridgehead atoms. The van der Waals surface area contributed by atoms with Crippen molar-refractivity contribution in [1.29, 1.82) is 0 Å². The molecular weight excluding hydrogens is 302 g/mol. The lowest BCUT2D eigenvalue weighted by atomic mass is 10.1. The molecule has 4 rings (SSSR count). The summed E-state index contributed by atoms with van der Waals surface area (Å²) in [5.41, 5.74) is 9.19. The summed E-state index contributed by atoms with van der Waals surface area (Å²) < 4.78 is 10.8. The van der Waals surface area contributed by atoms with Gasteiger partial charge < -0.3 is 15.2 Å². The average Bonchev–Trinajstić information content (AvgIpc) is 3.06. The molecule has 1 saturated heterocycles. The molecule has 2 aliphatic heterocycles. The van der Waals surface area contributed by atoms with Gasteiger partial charge in [0, 0.05) is 45.0 Å². The third-order valence-electron chi connectivity index (χ3n) is 4.69. The van der Waals surface area contributed by atoms with E-state index in [1.54, 1.807) is 0 Å². The van der Waals surface area contributed by atoms with Crippen molar-refractivity contribution in [3.63, 3.8) is 0 Å². The van der Waals surface area contributed by atoms with Crippen LogP contribution in [0.4, 0.5) is 5.69 Å². The Labute approximate surface area is 142 Å². The molecular formula is C19H23N3O2. The van der Waals surface area contributed by atoms with E-state index >= 15 is 0 Å². The molecule has 5 nitrogen and oxygen atoms in total.